The van der Waals surface area contributed by atoms with E-state index >= 15 is 0 Å². The van der Waals surface area contributed by atoms with Gasteiger partial charge in [0.15, 0.2) is 0 Å². The molecule has 0 saturated carbocycles. The van der Waals surface area contributed by atoms with Crippen molar-refractivity contribution in [3.05, 3.63) is 106 Å². The molecular weight excluding hydrogens is 402 g/mol. The fourth-order valence-corrected chi connectivity index (χ4v) is 4.08. The SMILES string of the molecule is O=C(NC1CCOc2ccccc21)c1c(-c2ccccc2)c(-c2ccccc2)n[nH]c1=O. The van der Waals surface area contributed by atoms with Gasteiger partial charge < -0.3 is 10.1 Å². The van der Waals surface area contributed by atoms with Crippen LogP contribution < -0.4 is 15.6 Å². The summed E-state index contributed by atoms with van der Waals surface area (Å²) in [5.41, 5.74) is 3.06. The quantitative estimate of drug-likeness (QED) is 0.511. The second-order valence-electron chi connectivity index (χ2n) is 7.58. The number of carbonyl (C=O) groups excluding carboxylic acids is 1. The second kappa shape index (κ2) is 8.51. The Bertz CT molecular complexity index is 1320. The summed E-state index contributed by atoms with van der Waals surface area (Å²) in [6, 6.07) is 26.3. The van der Waals surface area contributed by atoms with Crippen LogP contribution in [0.15, 0.2) is 89.7 Å². The number of benzene rings is 3. The maximum atomic E-state index is 13.5. The standard InChI is InChI=1S/C26H21N3O3/c30-25(27-20-15-16-32-21-14-8-7-13-19(20)21)23-22(17-9-3-1-4-10-17)24(28-29-26(23)31)18-11-5-2-6-12-18/h1-14,20H,15-16H2,(H,27,30)(H,29,31). The van der Waals surface area contributed by atoms with E-state index in [2.05, 4.69) is 15.5 Å². The lowest BCUT2D eigenvalue weighted by Gasteiger charge is -2.27. The van der Waals surface area contributed by atoms with E-state index in [-0.39, 0.29) is 11.6 Å². The van der Waals surface area contributed by atoms with E-state index in [1.54, 1.807) is 0 Å². The zero-order chi connectivity index (χ0) is 21.9. The van der Waals surface area contributed by atoms with Crippen LogP contribution >= 0.6 is 0 Å². The van der Waals surface area contributed by atoms with E-state index in [1.165, 1.54) is 0 Å². The summed E-state index contributed by atoms with van der Waals surface area (Å²) in [6.45, 7) is 0.496. The minimum absolute atomic E-state index is 0.0500. The smallest absolute Gasteiger partial charge is 0.277 e. The van der Waals surface area contributed by atoms with E-state index in [0.717, 1.165) is 22.4 Å². The van der Waals surface area contributed by atoms with Gasteiger partial charge in [0, 0.05) is 23.1 Å². The van der Waals surface area contributed by atoms with Crippen molar-refractivity contribution in [2.45, 2.75) is 12.5 Å². The minimum Gasteiger partial charge on any atom is -0.493 e. The molecule has 2 heterocycles. The highest BCUT2D eigenvalue weighted by atomic mass is 16.5. The van der Waals surface area contributed by atoms with Crippen LogP contribution in [0.1, 0.15) is 28.4 Å². The van der Waals surface area contributed by atoms with Gasteiger partial charge in [0.05, 0.1) is 18.3 Å². The van der Waals surface area contributed by atoms with Gasteiger partial charge in [-0.25, -0.2) is 5.10 Å². The van der Waals surface area contributed by atoms with Gasteiger partial charge in [0.2, 0.25) is 0 Å². The van der Waals surface area contributed by atoms with E-state index in [9.17, 15) is 9.59 Å². The maximum absolute atomic E-state index is 13.5. The number of hydrogen-bond acceptors (Lipinski definition) is 4. The lowest BCUT2D eigenvalue weighted by molar-refractivity contribution is 0.0923. The molecule has 158 valence electrons. The van der Waals surface area contributed by atoms with Crippen LogP contribution in [0.25, 0.3) is 22.4 Å². The van der Waals surface area contributed by atoms with Crippen molar-refractivity contribution in [3.8, 4) is 28.1 Å². The summed E-state index contributed by atoms with van der Waals surface area (Å²) >= 11 is 0. The number of aromatic nitrogens is 2. The van der Waals surface area contributed by atoms with Crippen molar-refractivity contribution in [2.24, 2.45) is 0 Å². The zero-order valence-electron chi connectivity index (χ0n) is 17.2. The summed E-state index contributed by atoms with van der Waals surface area (Å²) in [7, 11) is 0. The third-order valence-electron chi connectivity index (χ3n) is 5.58. The average molecular weight is 423 g/mol. The molecule has 0 fully saturated rings. The first-order valence-corrected chi connectivity index (χ1v) is 10.5. The number of fused-ring (bicyclic) bond motifs is 1. The highest BCUT2D eigenvalue weighted by molar-refractivity contribution is 6.03. The van der Waals surface area contributed by atoms with Gasteiger partial charge in [-0.15, -0.1) is 0 Å². The van der Waals surface area contributed by atoms with Crippen molar-refractivity contribution < 1.29 is 9.53 Å². The third kappa shape index (κ3) is 3.67. The fourth-order valence-electron chi connectivity index (χ4n) is 4.08. The van der Waals surface area contributed by atoms with Crippen LogP contribution in [0, 0.1) is 0 Å². The molecule has 2 N–H and O–H groups in total. The van der Waals surface area contributed by atoms with E-state index < -0.39 is 11.5 Å². The number of amides is 1. The number of hydrogen-bond donors (Lipinski definition) is 2. The van der Waals surface area contributed by atoms with Crippen LogP contribution in [0.4, 0.5) is 0 Å². The molecule has 1 amide bonds. The second-order valence-corrected chi connectivity index (χ2v) is 7.58. The van der Waals surface area contributed by atoms with Gasteiger partial charge in [-0.1, -0.05) is 78.9 Å². The van der Waals surface area contributed by atoms with Crippen molar-refractivity contribution in [3.63, 3.8) is 0 Å². The molecule has 1 aromatic heterocycles. The Hall–Kier alpha value is -4.19. The number of rotatable bonds is 4. The van der Waals surface area contributed by atoms with Crippen LogP contribution in [-0.2, 0) is 0 Å². The van der Waals surface area contributed by atoms with Crippen molar-refractivity contribution in [2.75, 3.05) is 6.61 Å². The number of carbonyl (C=O) groups is 1. The van der Waals surface area contributed by atoms with Gasteiger partial charge in [-0.2, -0.15) is 5.10 Å². The Balaban J connectivity index is 1.63. The maximum Gasteiger partial charge on any atom is 0.277 e. The van der Waals surface area contributed by atoms with Crippen LogP contribution in [-0.4, -0.2) is 22.7 Å². The highest BCUT2D eigenvalue weighted by Crippen LogP contribution is 2.34. The van der Waals surface area contributed by atoms with Crippen molar-refractivity contribution in [1.82, 2.24) is 15.5 Å². The van der Waals surface area contributed by atoms with Crippen LogP contribution in [0.3, 0.4) is 0 Å². The molecule has 6 heteroatoms. The Morgan fingerprint density at radius 1 is 0.906 bits per heavy atom. The number of ether oxygens (including phenoxy) is 1. The summed E-state index contributed by atoms with van der Waals surface area (Å²) in [5, 5.41) is 9.89. The Labute approximate surface area is 184 Å². The third-order valence-corrected chi connectivity index (χ3v) is 5.58. The molecule has 1 aliphatic rings. The Kier molecular flexibility index (Phi) is 5.25. The van der Waals surface area contributed by atoms with Crippen LogP contribution in [0.5, 0.6) is 5.75 Å². The molecule has 5 rings (SSSR count). The molecular formula is C26H21N3O3. The van der Waals surface area contributed by atoms with Gasteiger partial charge in [0.25, 0.3) is 11.5 Å². The van der Waals surface area contributed by atoms with E-state index in [1.807, 2.05) is 84.9 Å². The summed E-state index contributed by atoms with van der Waals surface area (Å²) in [6.07, 6.45) is 0.623. The van der Waals surface area contributed by atoms with Crippen molar-refractivity contribution in [1.29, 1.82) is 0 Å². The number of nitrogens with one attached hydrogen (secondary N) is 2. The molecule has 0 radical (unpaired) electrons. The van der Waals surface area contributed by atoms with Gasteiger partial charge >= 0.3 is 0 Å². The predicted molar refractivity (Wildman–Crippen MR) is 122 cm³/mol. The summed E-state index contributed by atoms with van der Waals surface area (Å²) in [5.74, 6) is 0.312. The molecule has 0 spiro atoms. The molecule has 0 bridgehead atoms. The first-order valence-electron chi connectivity index (χ1n) is 10.5. The molecule has 6 nitrogen and oxygen atoms in total. The molecule has 1 unspecified atom stereocenters. The molecule has 4 aromatic rings. The molecule has 1 atom stereocenters. The Morgan fingerprint density at radius 3 is 2.31 bits per heavy atom. The first-order chi connectivity index (χ1) is 15.7. The van der Waals surface area contributed by atoms with E-state index in [4.69, 9.17) is 4.74 Å². The molecule has 0 saturated heterocycles. The minimum atomic E-state index is -0.527. The molecule has 0 aliphatic carbocycles. The number of aromatic amines is 1. The molecule has 1 aliphatic heterocycles. The van der Waals surface area contributed by atoms with Gasteiger partial charge in [0.1, 0.15) is 11.3 Å². The van der Waals surface area contributed by atoms with E-state index in [0.29, 0.717) is 24.3 Å². The number of para-hydroxylation sites is 1. The van der Waals surface area contributed by atoms with Gasteiger partial charge in [-0.05, 0) is 11.6 Å². The predicted octanol–water partition coefficient (Wildman–Crippen LogP) is 4.36. The number of nitrogens with zero attached hydrogens (tertiary/aromatic N) is 1. The van der Waals surface area contributed by atoms with Gasteiger partial charge in [-0.3, -0.25) is 9.59 Å². The highest BCUT2D eigenvalue weighted by Gasteiger charge is 2.27. The average Bonchev–Trinajstić information content (AvgIpc) is 2.85. The molecule has 32 heavy (non-hydrogen) atoms. The summed E-state index contributed by atoms with van der Waals surface area (Å²) < 4.78 is 5.71. The monoisotopic (exact) mass is 423 g/mol. The lowest BCUT2D eigenvalue weighted by Crippen LogP contribution is -2.36. The Morgan fingerprint density at radius 2 is 1.56 bits per heavy atom. The fraction of sp³-hybridized carbons (Fsp3) is 0.115. The van der Waals surface area contributed by atoms with Crippen molar-refractivity contribution >= 4 is 5.91 Å². The number of H-pyrrole nitrogens is 1. The first kappa shape index (κ1) is 19.8. The lowest BCUT2D eigenvalue weighted by atomic mass is 9.94. The summed E-state index contributed by atoms with van der Waals surface area (Å²) in [4.78, 5) is 26.4. The molecule has 3 aromatic carbocycles. The topological polar surface area (TPSA) is 84.1 Å². The largest absolute Gasteiger partial charge is 0.493 e. The zero-order valence-corrected chi connectivity index (χ0v) is 17.2. The van der Waals surface area contributed by atoms with Crippen LogP contribution in [0.2, 0.25) is 0 Å². The normalized spacial score (nSPS) is 14.8.